The van der Waals surface area contributed by atoms with E-state index in [9.17, 15) is 0 Å². The third-order valence-electron chi connectivity index (χ3n) is 4.24. The molecule has 114 valence electrons. The van der Waals surface area contributed by atoms with Gasteiger partial charge in [-0.3, -0.25) is 9.88 Å². The van der Waals surface area contributed by atoms with Crippen LogP contribution in [0.4, 0.5) is 5.82 Å². The van der Waals surface area contributed by atoms with Crippen LogP contribution in [0, 0.1) is 5.92 Å². The van der Waals surface area contributed by atoms with Crippen molar-refractivity contribution in [1.29, 1.82) is 0 Å². The van der Waals surface area contributed by atoms with Gasteiger partial charge in [-0.25, -0.2) is 4.98 Å². The highest BCUT2D eigenvalue weighted by Crippen LogP contribution is 2.22. The minimum Gasteiger partial charge on any atom is -0.352 e. The maximum absolute atomic E-state index is 4.69. The number of anilines is 1. The van der Waals surface area contributed by atoms with Gasteiger partial charge in [-0.15, -0.1) is 0 Å². The third kappa shape index (κ3) is 3.32. The molecule has 0 aliphatic carbocycles. The van der Waals surface area contributed by atoms with Gasteiger partial charge in [0, 0.05) is 25.7 Å². The van der Waals surface area contributed by atoms with Gasteiger partial charge in [0.15, 0.2) is 0 Å². The molecule has 0 radical (unpaired) electrons. The van der Waals surface area contributed by atoms with E-state index in [0.717, 1.165) is 43.4 Å². The molecule has 1 saturated heterocycles. The van der Waals surface area contributed by atoms with E-state index in [1.165, 1.54) is 0 Å². The fraction of sp³-hybridized carbons (Fsp3) is 0.529. The van der Waals surface area contributed by atoms with Crippen LogP contribution >= 0.6 is 0 Å². The van der Waals surface area contributed by atoms with Crippen LogP contribution in [-0.2, 0) is 0 Å². The van der Waals surface area contributed by atoms with E-state index < -0.39 is 0 Å². The first-order valence-corrected chi connectivity index (χ1v) is 7.71. The number of nitrogens with zero attached hydrogens (tertiary/aromatic N) is 4. The Labute approximate surface area is 128 Å². The molecular formula is C17H26N4. The maximum Gasteiger partial charge on any atom is 0.147 e. The zero-order valence-electron chi connectivity index (χ0n) is 13.4. The highest BCUT2D eigenvalue weighted by atomic mass is 15.3. The predicted octanol–water partition coefficient (Wildman–Crippen LogP) is 2.93. The molecule has 4 nitrogen and oxygen atoms in total. The zero-order valence-corrected chi connectivity index (χ0v) is 13.4. The van der Waals surface area contributed by atoms with Crippen molar-refractivity contribution in [3.05, 3.63) is 30.7 Å². The second-order valence-corrected chi connectivity index (χ2v) is 5.79. The van der Waals surface area contributed by atoms with Gasteiger partial charge in [-0.2, -0.15) is 0 Å². The van der Waals surface area contributed by atoms with Crippen molar-refractivity contribution in [3.63, 3.8) is 0 Å². The zero-order chi connectivity index (χ0) is 15.4. The van der Waals surface area contributed by atoms with Crippen molar-refractivity contribution < 1.29 is 0 Å². The molecule has 1 unspecified atom stereocenters. The Morgan fingerprint density at radius 3 is 2.57 bits per heavy atom. The first-order chi connectivity index (χ1) is 10.1. The average molecular weight is 286 g/mol. The van der Waals surface area contributed by atoms with Crippen LogP contribution in [0.3, 0.4) is 0 Å². The van der Waals surface area contributed by atoms with Crippen molar-refractivity contribution in [2.75, 3.05) is 31.1 Å². The largest absolute Gasteiger partial charge is 0.352 e. The highest BCUT2D eigenvalue weighted by molar-refractivity contribution is 5.59. The molecule has 21 heavy (non-hydrogen) atoms. The van der Waals surface area contributed by atoms with Gasteiger partial charge in [0.25, 0.3) is 0 Å². The van der Waals surface area contributed by atoms with Crippen LogP contribution in [0.25, 0.3) is 12.2 Å². The third-order valence-corrected chi connectivity index (χ3v) is 4.24. The van der Waals surface area contributed by atoms with Gasteiger partial charge in [0.2, 0.25) is 0 Å². The molecule has 1 aliphatic rings. The Kier molecular flexibility index (Phi) is 5.12. The van der Waals surface area contributed by atoms with Gasteiger partial charge in [0.1, 0.15) is 5.82 Å². The summed E-state index contributed by atoms with van der Waals surface area (Å²) in [7, 11) is 0. The van der Waals surface area contributed by atoms with E-state index in [2.05, 4.69) is 53.7 Å². The normalized spacial score (nSPS) is 19.8. The number of likely N-dealkylation sites (N-methyl/N-ethyl adjacent to an activating group) is 1. The summed E-state index contributed by atoms with van der Waals surface area (Å²) < 4.78 is 0. The van der Waals surface area contributed by atoms with Crippen LogP contribution in [0.5, 0.6) is 0 Å². The smallest absolute Gasteiger partial charge is 0.147 e. The standard InChI is InChI=1S/C17H26N4/c1-6-14-15(7-2)19-17(11-18-14)21-10-9-20(8-3)16(12-21)13(4)5/h6-7,11,13,16H,1-2,8-10,12H2,3-5H3. The SMILES string of the molecule is C=Cc1ncc(N2CCN(CC)C(C(C)C)C2)nc1C=C. The summed E-state index contributed by atoms with van der Waals surface area (Å²) in [6.45, 7) is 18.6. The lowest BCUT2D eigenvalue weighted by Crippen LogP contribution is -2.55. The maximum atomic E-state index is 4.69. The highest BCUT2D eigenvalue weighted by Gasteiger charge is 2.28. The van der Waals surface area contributed by atoms with E-state index in [-0.39, 0.29) is 0 Å². The summed E-state index contributed by atoms with van der Waals surface area (Å²) in [5, 5.41) is 0. The molecule has 0 N–H and O–H groups in total. The van der Waals surface area contributed by atoms with Crippen LogP contribution in [0.1, 0.15) is 32.2 Å². The molecule has 0 amide bonds. The minimum atomic E-state index is 0.566. The number of piperazine rings is 1. The number of hydrogen-bond donors (Lipinski definition) is 0. The quantitative estimate of drug-likeness (QED) is 0.833. The average Bonchev–Trinajstić information content (AvgIpc) is 2.53. The summed E-state index contributed by atoms with van der Waals surface area (Å²) >= 11 is 0. The number of rotatable bonds is 5. The van der Waals surface area contributed by atoms with Crippen molar-refractivity contribution >= 4 is 18.0 Å². The molecule has 1 aromatic rings. The second-order valence-electron chi connectivity index (χ2n) is 5.79. The predicted molar refractivity (Wildman–Crippen MR) is 90.3 cm³/mol. The lowest BCUT2D eigenvalue weighted by molar-refractivity contribution is 0.145. The Morgan fingerprint density at radius 2 is 2.00 bits per heavy atom. The molecule has 1 fully saturated rings. The van der Waals surface area contributed by atoms with Crippen LogP contribution < -0.4 is 4.90 Å². The van der Waals surface area contributed by atoms with Crippen LogP contribution in [0.15, 0.2) is 19.4 Å². The minimum absolute atomic E-state index is 0.566. The van der Waals surface area contributed by atoms with Gasteiger partial charge in [-0.05, 0) is 24.6 Å². The van der Waals surface area contributed by atoms with Crippen molar-refractivity contribution in [2.45, 2.75) is 26.8 Å². The Balaban J connectivity index is 2.22. The van der Waals surface area contributed by atoms with Gasteiger partial charge >= 0.3 is 0 Å². The Hall–Kier alpha value is -1.68. The molecule has 1 aromatic heterocycles. The topological polar surface area (TPSA) is 32.3 Å². The molecular weight excluding hydrogens is 260 g/mol. The van der Waals surface area contributed by atoms with Crippen molar-refractivity contribution in [1.82, 2.24) is 14.9 Å². The molecule has 0 aromatic carbocycles. The molecule has 1 aliphatic heterocycles. The van der Waals surface area contributed by atoms with E-state index in [0.29, 0.717) is 12.0 Å². The molecule has 2 heterocycles. The van der Waals surface area contributed by atoms with Gasteiger partial charge in [-0.1, -0.05) is 33.9 Å². The van der Waals surface area contributed by atoms with E-state index in [1.807, 2.05) is 6.20 Å². The summed E-state index contributed by atoms with van der Waals surface area (Å²) in [5.41, 5.74) is 1.60. The monoisotopic (exact) mass is 286 g/mol. The summed E-state index contributed by atoms with van der Waals surface area (Å²) in [6.07, 6.45) is 5.32. The lowest BCUT2D eigenvalue weighted by Gasteiger charge is -2.43. The number of hydrogen-bond acceptors (Lipinski definition) is 4. The van der Waals surface area contributed by atoms with E-state index in [1.54, 1.807) is 12.2 Å². The van der Waals surface area contributed by atoms with E-state index >= 15 is 0 Å². The van der Waals surface area contributed by atoms with Crippen LogP contribution in [0.2, 0.25) is 0 Å². The molecule has 0 bridgehead atoms. The van der Waals surface area contributed by atoms with Gasteiger partial charge in [0.05, 0.1) is 17.6 Å². The van der Waals surface area contributed by atoms with Gasteiger partial charge < -0.3 is 4.90 Å². The number of aromatic nitrogens is 2. The summed E-state index contributed by atoms with van der Waals surface area (Å²) in [4.78, 5) is 14.0. The van der Waals surface area contributed by atoms with Crippen LogP contribution in [-0.4, -0.2) is 47.1 Å². The lowest BCUT2D eigenvalue weighted by atomic mass is 9.99. The summed E-state index contributed by atoms with van der Waals surface area (Å²) in [5.74, 6) is 1.57. The first kappa shape index (κ1) is 15.7. The molecule has 0 spiro atoms. The van der Waals surface area contributed by atoms with Crippen molar-refractivity contribution in [3.8, 4) is 0 Å². The summed E-state index contributed by atoms with van der Waals surface area (Å²) in [6, 6.07) is 0.566. The fourth-order valence-corrected chi connectivity index (χ4v) is 2.94. The molecule has 2 rings (SSSR count). The molecule has 0 saturated carbocycles. The van der Waals surface area contributed by atoms with Crippen molar-refractivity contribution in [2.24, 2.45) is 5.92 Å². The van der Waals surface area contributed by atoms with E-state index in [4.69, 9.17) is 0 Å². The second kappa shape index (κ2) is 6.85. The fourth-order valence-electron chi connectivity index (χ4n) is 2.94. The molecule has 4 heteroatoms. The first-order valence-electron chi connectivity index (χ1n) is 7.71. The Bertz CT molecular complexity index is 510. The Morgan fingerprint density at radius 1 is 1.29 bits per heavy atom. The molecule has 1 atom stereocenters.